The van der Waals surface area contributed by atoms with E-state index in [9.17, 15) is 14.0 Å². The van der Waals surface area contributed by atoms with Gasteiger partial charge in [-0.15, -0.1) is 0 Å². The van der Waals surface area contributed by atoms with Crippen LogP contribution in [0.4, 0.5) is 10.1 Å². The number of carbonyl (C=O) groups excluding carboxylic acids is 2. The number of nitrogens with one attached hydrogen (secondary N) is 2. The summed E-state index contributed by atoms with van der Waals surface area (Å²) in [6.07, 6.45) is 3.66. The maximum absolute atomic E-state index is 12.9. The molecule has 5 heteroatoms. The Morgan fingerprint density at radius 1 is 0.852 bits per heavy atom. The van der Waals surface area contributed by atoms with Crippen molar-refractivity contribution < 1.29 is 14.0 Å². The van der Waals surface area contributed by atoms with Gasteiger partial charge in [-0.1, -0.05) is 30.3 Å². The van der Waals surface area contributed by atoms with Gasteiger partial charge in [-0.25, -0.2) is 4.39 Å². The molecule has 0 spiro atoms. The average molecular weight is 368 g/mol. The van der Waals surface area contributed by atoms with Crippen molar-refractivity contribution in [2.24, 2.45) is 11.8 Å². The van der Waals surface area contributed by atoms with Crippen LogP contribution in [0, 0.1) is 17.7 Å². The number of hydrogen-bond donors (Lipinski definition) is 2. The molecule has 0 atom stereocenters. The van der Waals surface area contributed by atoms with E-state index in [-0.39, 0.29) is 29.5 Å². The lowest BCUT2D eigenvalue weighted by Gasteiger charge is -2.27. The van der Waals surface area contributed by atoms with Gasteiger partial charge >= 0.3 is 0 Å². The van der Waals surface area contributed by atoms with Crippen LogP contribution < -0.4 is 10.6 Å². The normalized spacial score (nSPS) is 19.3. The molecule has 2 aromatic rings. The molecular weight excluding hydrogens is 343 g/mol. The molecule has 2 aromatic carbocycles. The fourth-order valence-corrected chi connectivity index (χ4v) is 3.51. The molecule has 0 unspecified atom stereocenters. The topological polar surface area (TPSA) is 58.2 Å². The number of halogens is 1. The van der Waals surface area contributed by atoms with Crippen LogP contribution in [0.5, 0.6) is 0 Å². The number of anilines is 1. The second-order valence-electron chi connectivity index (χ2n) is 7.07. The van der Waals surface area contributed by atoms with Crippen molar-refractivity contribution >= 4 is 17.5 Å². The average Bonchev–Trinajstić information content (AvgIpc) is 2.70. The summed E-state index contributed by atoms with van der Waals surface area (Å²) in [5.41, 5.74) is 1.81. The minimum atomic E-state index is -0.327. The van der Waals surface area contributed by atoms with Crippen LogP contribution in [-0.4, -0.2) is 18.4 Å². The van der Waals surface area contributed by atoms with Gasteiger partial charge in [-0.3, -0.25) is 9.59 Å². The highest BCUT2D eigenvalue weighted by Crippen LogP contribution is 2.30. The first-order chi connectivity index (χ1) is 13.1. The smallest absolute Gasteiger partial charge is 0.227 e. The summed E-state index contributed by atoms with van der Waals surface area (Å²) in [6.45, 7) is 0.633. The molecule has 142 valence electrons. The predicted molar refractivity (Wildman–Crippen MR) is 104 cm³/mol. The molecule has 0 heterocycles. The number of amides is 2. The maximum Gasteiger partial charge on any atom is 0.227 e. The molecule has 2 N–H and O–H groups in total. The van der Waals surface area contributed by atoms with Crippen molar-refractivity contribution in [1.82, 2.24) is 5.32 Å². The van der Waals surface area contributed by atoms with Crippen LogP contribution in [0.25, 0.3) is 0 Å². The van der Waals surface area contributed by atoms with Crippen LogP contribution in [0.2, 0.25) is 0 Å². The highest BCUT2D eigenvalue weighted by atomic mass is 19.1. The van der Waals surface area contributed by atoms with Crippen molar-refractivity contribution in [3.63, 3.8) is 0 Å². The highest BCUT2D eigenvalue weighted by Gasteiger charge is 2.29. The van der Waals surface area contributed by atoms with Gasteiger partial charge in [0, 0.05) is 24.1 Å². The minimum absolute atomic E-state index is 0.0179. The fourth-order valence-electron chi connectivity index (χ4n) is 3.51. The third kappa shape index (κ3) is 5.64. The Bertz CT molecular complexity index is 754. The summed E-state index contributed by atoms with van der Waals surface area (Å²) < 4.78 is 12.9. The van der Waals surface area contributed by atoms with Crippen molar-refractivity contribution in [2.75, 3.05) is 11.9 Å². The minimum Gasteiger partial charge on any atom is -0.356 e. The monoisotopic (exact) mass is 368 g/mol. The number of rotatable bonds is 6. The molecule has 2 amide bonds. The van der Waals surface area contributed by atoms with E-state index in [1.54, 1.807) is 12.1 Å². The van der Waals surface area contributed by atoms with Crippen molar-refractivity contribution in [3.8, 4) is 0 Å². The van der Waals surface area contributed by atoms with Gasteiger partial charge in [0.05, 0.1) is 0 Å². The van der Waals surface area contributed by atoms with Crippen molar-refractivity contribution in [1.29, 1.82) is 0 Å². The summed E-state index contributed by atoms with van der Waals surface area (Å²) in [5.74, 6) is -0.404. The lowest BCUT2D eigenvalue weighted by atomic mass is 9.81. The second kappa shape index (κ2) is 9.31. The highest BCUT2D eigenvalue weighted by molar-refractivity contribution is 5.92. The van der Waals surface area contributed by atoms with Gasteiger partial charge in [0.25, 0.3) is 0 Å². The van der Waals surface area contributed by atoms with Crippen molar-refractivity contribution in [2.45, 2.75) is 32.1 Å². The van der Waals surface area contributed by atoms with Crippen LogP contribution in [0.1, 0.15) is 31.2 Å². The third-order valence-electron chi connectivity index (χ3n) is 5.14. The zero-order valence-corrected chi connectivity index (χ0v) is 15.3. The molecule has 0 aromatic heterocycles. The van der Waals surface area contributed by atoms with E-state index in [0.717, 1.165) is 19.3 Å². The van der Waals surface area contributed by atoms with Gasteiger partial charge < -0.3 is 10.6 Å². The zero-order valence-electron chi connectivity index (χ0n) is 15.3. The molecule has 1 fully saturated rings. The molecular formula is C22H25FN2O2. The van der Waals surface area contributed by atoms with E-state index >= 15 is 0 Å². The Morgan fingerprint density at radius 3 is 2.07 bits per heavy atom. The fraction of sp³-hybridized carbons (Fsp3) is 0.364. The Kier molecular flexibility index (Phi) is 6.58. The van der Waals surface area contributed by atoms with E-state index in [1.807, 2.05) is 18.2 Å². The summed E-state index contributed by atoms with van der Waals surface area (Å²) in [5, 5.41) is 5.84. The summed E-state index contributed by atoms with van der Waals surface area (Å²) in [4.78, 5) is 24.7. The first kappa shape index (κ1) is 19.1. The number of carbonyl (C=O) groups is 2. The summed E-state index contributed by atoms with van der Waals surface area (Å²) >= 11 is 0. The van der Waals surface area contributed by atoms with Crippen molar-refractivity contribution in [3.05, 3.63) is 66.0 Å². The summed E-state index contributed by atoms with van der Waals surface area (Å²) in [7, 11) is 0. The molecule has 4 nitrogen and oxygen atoms in total. The molecule has 0 aliphatic heterocycles. The van der Waals surface area contributed by atoms with E-state index < -0.39 is 0 Å². The van der Waals surface area contributed by atoms with Gasteiger partial charge in [0.15, 0.2) is 0 Å². The lowest BCUT2D eigenvalue weighted by Crippen LogP contribution is -2.36. The third-order valence-corrected chi connectivity index (χ3v) is 5.14. The molecule has 1 saturated carbocycles. The van der Waals surface area contributed by atoms with Gasteiger partial charge in [-0.2, -0.15) is 0 Å². The second-order valence-corrected chi connectivity index (χ2v) is 7.07. The first-order valence-electron chi connectivity index (χ1n) is 9.50. The maximum atomic E-state index is 12.9. The van der Waals surface area contributed by atoms with Crippen LogP contribution in [0.15, 0.2) is 54.6 Å². The van der Waals surface area contributed by atoms with E-state index in [1.165, 1.54) is 17.7 Å². The largest absolute Gasteiger partial charge is 0.356 e. The van der Waals surface area contributed by atoms with Gasteiger partial charge in [0.1, 0.15) is 5.82 Å². The standard InChI is InChI=1S/C22H25FN2O2/c23-19-10-12-20(13-11-19)25-22(27)18-8-6-17(7-9-18)21(26)24-15-14-16-4-2-1-3-5-16/h1-5,10-13,17-18H,6-9,14-15H2,(H,24,26)(H,25,27). The Hall–Kier alpha value is -2.69. The van der Waals surface area contributed by atoms with Crippen LogP contribution in [-0.2, 0) is 16.0 Å². The molecule has 1 aliphatic rings. The van der Waals surface area contributed by atoms with E-state index in [4.69, 9.17) is 0 Å². The molecule has 1 aliphatic carbocycles. The SMILES string of the molecule is O=C(NCCc1ccccc1)C1CCC(C(=O)Nc2ccc(F)cc2)CC1. The molecule has 3 rings (SSSR count). The first-order valence-corrected chi connectivity index (χ1v) is 9.50. The van der Waals surface area contributed by atoms with Crippen LogP contribution >= 0.6 is 0 Å². The zero-order chi connectivity index (χ0) is 19.1. The molecule has 0 bridgehead atoms. The number of hydrogen-bond acceptors (Lipinski definition) is 2. The quantitative estimate of drug-likeness (QED) is 0.812. The summed E-state index contributed by atoms with van der Waals surface area (Å²) in [6, 6.07) is 15.8. The molecule has 0 radical (unpaired) electrons. The Balaban J connectivity index is 1.39. The van der Waals surface area contributed by atoms with E-state index in [2.05, 4.69) is 22.8 Å². The van der Waals surface area contributed by atoms with E-state index in [0.29, 0.717) is 25.1 Å². The number of benzene rings is 2. The van der Waals surface area contributed by atoms with Gasteiger partial charge in [-0.05, 0) is 61.9 Å². The molecule has 0 saturated heterocycles. The van der Waals surface area contributed by atoms with Crippen LogP contribution in [0.3, 0.4) is 0 Å². The Morgan fingerprint density at radius 2 is 1.44 bits per heavy atom. The molecule has 27 heavy (non-hydrogen) atoms. The predicted octanol–water partition coefficient (Wildman–Crippen LogP) is 3.93. The van der Waals surface area contributed by atoms with Gasteiger partial charge in [0.2, 0.25) is 11.8 Å². The Labute approximate surface area is 159 Å². The lowest BCUT2D eigenvalue weighted by molar-refractivity contribution is -0.128.